The molecule has 196 valence electrons. The van der Waals surface area contributed by atoms with Crippen LogP contribution in [0.25, 0.3) is 39.2 Å². The maximum atomic E-state index is 14.8. The lowest BCUT2D eigenvalue weighted by atomic mass is 10.1. The van der Waals surface area contributed by atoms with Crippen LogP contribution in [0.5, 0.6) is 0 Å². The zero-order chi connectivity index (χ0) is 27.3. The van der Waals surface area contributed by atoms with Gasteiger partial charge in [0, 0.05) is 48.6 Å². The molecule has 0 radical (unpaired) electrons. The Morgan fingerprint density at radius 3 is 2.77 bits per heavy atom. The zero-order valence-electron chi connectivity index (χ0n) is 22.2. The van der Waals surface area contributed by atoms with Crippen LogP contribution >= 0.6 is 0 Å². The predicted molar refractivity (Wildman–Crippen MR) is 146 cm³/mol. The Hall–Kier alpha value is -4.62. The summed E-state index contributed by atoms with van der Waals surface area (Å²) < 4.78 is 24.2. The topological polar surface area (TPSA) is 97.7 Å². The van der Waals surface area contributed by atoms with Gasteiger partial charge in [-0.15, -0.1) is 0 Å². The largest absolute Gasteiger partial charge is 0.377 e. The third-order valence-electron chi connectivity index (χ3n) is 7.23. The Kier molecular flexibility index (Phi) is 6.08. The number of nitrogens with zero attached hydrogens (tertiary/aromatic N) is 8. The monoisotopic (exact) mass is 522 g/mol. The van der Waals surface area contributed by atoms with Crippen molar-refractivity contribution >= 4 is 16.7 Å². The molecule has 5 aromatic rings. The summed E-state index contributed by atoms with van der Waals surface area (Å²) in [6.07, 6.45) is 5.10. The molecule has 9 nitrogen and oxygen atoms in total. The molecule has 0 aliphatic carbocycles. The van der Waals surface area contributed by atoms with Gasteiger partial charge in [-0.2, -0.15) is 10.4 Å². The molecule has 1 aromatic carbocycles. The van der Waals surface area contributed by atoms with E-state index in [-0.39, 0.29) is 11.9 Å². The van der Waals surface area contributed by atoms with E-state index in [1.165, 1.54) is 18.3 Å². The number of nitriles is 1. The summed E-state index contributed by atoms with van der Waals surface area (Å²) in [6, 6.07) is 10.9. The van der Waals surface area contributed by atoms with Crippen molar-refractivity contribution in [2.75, 3.05) is 24.7 Å². The summed E-state index contributed by atoms with van der Waals surface area (Å²) >= 11 is 0. The fourth-order valence-electron chi connectivity index (χ4n) is 5.29. The van der Waals surface area contributed by atoms with Crippen molar-refractivity contribution in [3.8, 4) is 34.4 Å². The first-order chi connectivity index (χ1) is 18.8. The minimum absolute atomic E-state index is 0.114. The van der Waals surface area contributed by atoms with Crippen LogP contribution in [0.4, 0.5) is 10.2 Å². The highest BCUT2D eigenvalue weighted by Crippen LogP contribution is 2.35. The molecule has 10 heteroatoms. The van der Waals surface area contributed by atoms with E-state index in [4.69, 9.17) is 19.8 Å². The van der Waals surface area contributed by atoms with Gasteiger partial charge >= 0.3 is 0 Å². The average Bonchev–Trinajstić information content (AvgIpc) is 3.46. The number of halogens is 1. The number of aryl methyl sites for hydroxylation is 2. The smallest absolute Gasteiger partial charge is 0.162 e. The van der Waals surface area contributed by atoms with Crippen LogP contribution in [0.2, 0.25) is 0 Å². The highest BCUT2D eigenvalue weighted by molar-refractivity contribution is 5.94. The van der Waals surface area contributed by atoms with Gasteiger partial charge in [0.1, 0.15) is 17.7 Å². The van der Waals surface area contributed by atoms with Crippen molar-refractivity contribution in [2.45, 2.75) is 26.8 Å². The number of benzene rings is 1. The van der Waals surface area contributed by atoms with Gasteiger partial charge < -0.3 is 14.2 Å². The summed E-state index contributed by atoms with van der Waals surface area (Å²) in [5, 5.41) is 15.0. The molecule has 0 saturated carbocycles. The number of morpholine rings is 1. The quantitative estimate of drug-likeness (QED) is 0.336. The number of hydrogen-bond acceptors (Lipinski definition) is 7. The van der Waals surface area contributed by atoms with Gasteiger partial charge in [-0.1, -0.05) is 0 Å². The Morgan fingerprint density at radius 2 is 1.97 bits per heavy atom. The Morgan fingerprint density at radius 1 is 1.13 bits per heavy atom. The molecule has 1 aliphatic rings. The fourth-order valence-corrected chi connectivity index (χ4v) is 5.29. The normalized spacial score (nSPS) is 15.6. The number of aromatic nitrogens is 6. The second-order valence-corrected chi connectivity index (χ2v) is 9.87. The van der Waals surface area contributed by atoms with Crippen LogP contribution in [0, 0.1) is 31.0 Å². The second-order valence-electron chi connectivity index (χ2n) is 9.87. The molecule has 0 amide bonds. The van der Waals surface area contributed by atoms with Gasteiger partial charge in [0.15, 0.2) is 5.82 Å². The van der Waals surface area contributed by atoms with Crippen molar-refractivity contribution in [1.29, 1.82) is 5.26 Å². The zero-order valence-corrected chi connectivity index (χ0v) is 22.2. The lowest BCUT2D eigenvalue weighted by Gasteiger charge is -2.34. The number of pyridine rings is 1. The Balaban J connectivity index is 1.57. The Labute approximate surface area is 225 Å². The summed E-state index contributed by atoms with van der Waals surface area (Å²) in [5.74, 6) is 0.843. The lowest BCUT2D eigenvalue weighted by molar-refractivity contribution is 0.0985. The molecule has 1 fully saturated rings. The number of rotatable bonds is 4. The van der Waals surface area contributed by atoms with Crippen LogP contribution in [-0.4, -0.2) is 55.1 Å². The molecule has 6 rings (SSSR count). The first kappa shape index (κ1) is 24.7. The van der Waals surface area contributed by atoms with Crippen molar-refractivity contribution in [1.82, 2.24) is 29.3 Å². The van der Waals surface area contributed by atoms with E-state index in [2.05, 4.69) is 22.9 Å². The van der Waals surface area contributed by atoms with E-state index in [9.17, 15) is 9.65 Å². The van der Waals surface area contributed by atoms with E-state index in [0.29, 0.717) is 48.1 Å². The van der Waals surface area contributed by atoms with Gasteiger partial charge in [-0.3, -0.25) is 4.98 Å². The molecule has 4 aromatic heterocycles. The van der Waals surface area contributed by atoms with Crippen LogP contribution in [0.15, 0.2) is 48.9 Å². The lowest BCUT2D eigenvalue weighted by Crippen LogP contribution is -2.44. The molecule has 0 N–H and O–H groups in total. The summed E-state index contributed by atoms with van der Waals surface area (Å²) in [7, 11) is 1.89. The van der Waals surface area contributed by atoms with Crippen molar-refractivity contribution in [3.63, 3.8) is 0 Å². The van der Waals surface area contributed by atoms with E-state index < -0.39 is 0 Å². The fraction of sp³-hybridized carbons (Fsp3) is 0.276. The molecule has 39 heavy (non-hydrogen) atoms. The molecule has 5 heterocycles. The van der Waals surface area contributed by atoms with Crippen molar-refractivity contribution < 1.29 is 9.13 Å². The first-order valence-electron chi connectivity index (χ1n) is 12.7. The van der Waals surface area contributed by atoms with E-state index >= 15 is 0 Å². The van der Waals surface area contributed by atoms with Crippen molar-refractivity contribution in [2.24, 2.45) is 7.05 Å². The van der Waals surface area contributed by atoms with E-state index in [1.54, 1.807) is 16.9 Å². The maximum Gasteiger partial charge on any atom is 0.162 e. The number of anilines is 1. The molecular weight excluding hydrogens is 495 g/mol. The second kappa shape index (κ2) is 9.60. The highest BCUT2D eigenvalue weighted by atomic mass is 19.1. The maximum absolute atomic E-state index is 14.8. The third-order valence-corrected chi connectivity index (χ3v) is 7.23. The molecule has 1 saturated heterocycles. The number of hydrogen-bond donors (Lipinski definition) is 0. The molecular formula is C29H27FN8O. The van der Waals surface area contributed by atoms with E-state index in [1.807, 2.05) is 43.8 Å². The van der Waals surface area contributed by atoms with Crippen LogP contribution in [-0.2, 0) is 11.8 Å². The summed E-state index contributed by atoms with van der Waals surface area (Å²) in [6.45, 7) is 7.87. The molecule has 0 spiro atoms. The van der Waals surface area contributed by atoms with Gasteiger partial charge in [-0.05, 0) is 45.0 Å². The molecule has 0 bridgehead atoms. The molecule has 1 atom stereocenters. The van der Waals surface area contributed by atoms with E-state index in [0.717, 1.165) is 33.7 Å². The third kappa shape index (κ3) is 4.30. The van der Waals surface area contributed by atoms with Crippen LogP contribution < -0.4 is 4.90 Å². The number of fused-ring (bicyclic) bond motifs is 1. The predicted octanol–water partition coefficient (Wildman–Crippen LogP) is 4.74. The van der Waals surface area contributed by atoms with Gasteiger partial charge in [0.05, 0.1) is 59.3 Å². The minimum Gasteiger partial charge on any atom is -0.377 e. The first-order valence-corrected chi connectivity index (χ1v) is 12.7. The van der Waals surface area contributed by atoms with Crippen LogP contribution in [0.1, 0.15) is 23.9 Å². The Bertz CT molecular complexity index is 1770. The average molecular weight is 523 g/mol. The van der Waals surface area contributed by atoms with Crippen LogP contribution in [0.3, 0.4) is 0 Å². The van der Waals surface area contributed by atoms with Gasteiger partial charge in [-0.25, -0.2) is 19.0 Å². The van der Waals surface area contributed by atoms with Gasteiger partial charge in [0.2, 0.25) is 0 Å². The SMILES string of the molecule is Cc1nn(-c2cncc(C#N)c2)c(C)c1-c1cc(N2CCOC[C@H]2C)nc(-c2cc(F)cc3c2ccn3C)n1. The van der Waals surface area contributed by atoms with Gasteiger partial charge in [0.25, 0.3) is 0 Å². The minimum atomic E-state index is -0.348. The van der Waals surface area contributed by atoms with Crippen molar-refractivity contribution in [3.05, 3.63) is 71.7 Å². The molecule has 1 aliphatic heterocycles. The summed E-state index contributed by atoms with van der Waals surface area (Å²) in [4.78, 5) is 16.4. The highest BCUT2D eigenvalue weighted by Gasteiger charge is 2.25. The molecule has 0 unspecified atom stereocenters. The summed E-state index contributed by atoms with van der Waals surface area (Å²) in [5.41, 5.74) is 5.69. The number of ether oxygens (including phenoxy) is 1. The standard InChI is InChI=1S/C29H27FN8O/c1-17-16-39-8-7-37(17)27-12-25(28-18(2)35-38(19(28)3)22-9-20(13-31)14-32-15-22)33-29(34-27)24-10-21(30)11-26-23(24)5-6-36(26)4/h5-6,9-12,14-15,17H,7-8,16H2,1-4H3/t17-/m1/s1.